The van der Waals surface area contributed by atoms with E-state index in [1.807, 2.05) is 0 Å². The summed E-state index contributed by atoms with van der Waals surface area (Å²) in [6.45, 7) is 4.95. The van der Waals surface area contributed by atoms with Gasteiger partial charge >= 0.3 is 5.97 Å². The highest BCUT2D eigenvalue weighted by atomic mass is 16.5. The molecule has 0 bridgehead atoms. The highest BCUT2D eigenvalue weighted by Gasteiger charge is 2.21. The fourth-order valence-electron chi connectivity index (χ4n) is 1.76. The molecule has 2 N–H and O–H groups in total. The molecule has 1 atom stereocenters. The number of hydrogen-bond donors (Lipinski definition) is 2. The molecule has 0 aromatic heterocycles. The molecule has 1 aliphatic rings. The van der Waals surface area contributed by atoms with Crippen molar-refractivity contribution >= 4 is 5.97 Å². The molecule has 0 saturated carbocycles. The number of aliphatic carboxylic acids is 1. The van der Waals surface area contributed by atoms with Crippen molar-refractivity contribution in [1.82, 2.24) is 10.2 Å². The van der Waals surface area contributed by atoms with E-state index in [4.69, 9.17) is 9.84 Å². The van der Waals surface area contributed by atoms with Gasteiger partial charge in [-0.2, -0.15) is 0 Å². The Morgan fingerprint density at radius 3 is 2.73 bits per heavy atom. The summed E-state index contributed by atoms with van der Waals surface area (Å²) in [5.41, 5.74) is 0. The number of carbonyl (C=O) groups is 1. The Bertz CT molecular complexity index is 193. The molecule has 15 heavy (non-hydrogen) atoms. The first-order valence-electron chi connectivity index (χ1n) is 5.39. The number of carboxylic acids is 1. The summed E-state index contributed by atoms with van der Waals surface area (Å²) < 4.78 is 4.92. The SMILES string of the molecule is COCCC(CN1CCNCC1)C(=O)O. The van der Waals surface area contributed by atoms with Gasteiger partial charge in [0.15, 0.2) is 0 Å². The van der Waals surface area contributed by atoms with E-state index >= 15 is 0 Å². The van der Waals surface area contributed by atoms with Gasteiger partial charge in [-0.1, -0.05) is 0 Å². The quantitative estimate of drug-likeness (QED) is 0.634. The lowest BCUT2D eigenvalue weighted by atomic mass is 10.1. The van der Waals surface area contributed by atoms with Crippen molar-refractivity contribution in [3.63, 3.8) is 0 Å². The van der Waals surface area contributed by atoms with E-state index in [0.717, 1.165) is 26.2 Å². The Kier molecular flexibility index (Phi) is 5.60. The minimum atomic E-state index is -0.717. The molecule has 1 rings (SSSR count). The summed E-state index contributed by atoms with van der Waals surface area (Å²) in [7, 11) is 1.60. The van der Waals surface area contributed by atoms with Crippen LogP contribution in [0, 0.1) is 5.92 Å². The number of nitrogens with one attached hydrogen (secondary N) is 1. The van der Waals surface area contributed by atoms with Crippen molar-refractivity contribution < 1.29 is 14.6 Å². The second kappa shape index (κ2) is 6.76. The number of carboxylic acid groups (broad SMARTS) is 1. The average Bonchev–Trinajstić information content (AvgIpc) is 2.25. The molecule has 1 fully saturated rings. The van der Waals surface area contributed by atoms with Crippen LogP contribution < -0.4 is 5.32 Å². The molecule has 0 amide bonds. The predicted molar refractivity (Wildman–Crippen MR) is 56.9 cm³/mol. The monoisotopic (exact) mass is 216 g/mol. The smallest absolute Gasteiger partial charge is 0.307 e. The highest BCUT2D eigenvalue weighted by Crippen LogP contribution is 2.07. The molecular formula is C10H20N2O3. The zero-order valence-electron chi connectivity index (χ0n) is 9.24. The lowest BCUT2D eigenvalue weighted by molar-refractivity contribution is -0.143. The van der Waals surface area contributed by atoms with Crippen molar-refractivity contribution in [2.24, 2.45) is 5.92 Å². The molecule has 0 aromatic carbocycles. The predicted octanol–water partition coefficient (Wildman–Crippen LogP) is -0.371. The van der Waals surface area contributed by atoms with Crippen molar-refractivity contribution in [2.75, 3.05) is 46.4 Å². The van der Waals surface area contributed by atoms with Crippen LogP contribution in [0.2, 0.25) is 0 Å². The van der Waals surface area contributed by atoms with Gasteiger partial charge in [-0.3, -0.25) is 9.69 Å². The summed E-state index contributed by atoms with van der Waals surface area (Å²) in [6.07, 6.45) is 0.593. The Balaban J connectivity index is 2.31. The second-order valence-corrected chi connectivity index (χ2v) is 3.87. The molecule has 0 aliphatic carbocycles. The number of ether oxygens (including phenoxy) is 1. The molecule has 1 unspecified atom stereocenters. The zero-order valence-corrected chi connectivity index (χ0v) is 9.24. The maximum Gasteiger partial charge on any atom is 0.307 e. The van der Waals surface area contributed by atoms with E-state index in [-0.39, 0.29) is 5.92 Å². The maximum absolute atomic E-state index is 11.0. The topological polar surface area (TPSA) is 61.8 Å². The number of rotatable bonds is 6. The molecule has 1 heterocycles. The third-order valence-electron chi connectivity index (χ3n) is 2.71. The van der Waals surface area contributed by atoms with Crippen LogP contribution in [0.3, 0.4) is 0 Å². The van der Waals surface area contributed by atoms with E-state index in [0.29, 0.717) is 19.6 Å². The third-order valence-corrected chi connectivity index (χ3v) is 2.71. The molecule has 0 spiro atoms. The first kappa shape index (κ1) is 12.4. The van der Waals surface area contributed by atoms with Gasteiger partial charge in [0, 0.05) is 46.4 Å². The van der Waals surface area contributed by atoms with Gasteiger partial charge < -0.3 is 15.2 Å². The third kappa shape index (κ3) is 4.59. The van der Waals surface area contributed by atoms with Crippen LogP contribution in [0.4, 0.5) is 0 Å². The Hall–Kier alpha value is -0.650. The molecular weight excluding hydrogens is 196 g/mol. The van der Waals surface area contributed by atoms with Gasteiger partial charge in [-0.25, -0.2) is 0 Å². The first-order chi connectivity index (χ1) is 7.24. The standard InChI is InChI=1S/C10H20N2O3/c1-15-7-2-9(10(13)14)8-12-5-3-11-4-6-12/h9,11H,2-8H2,1H3,(H,13,14). The largest absolute Gasteiger partial charge is 0.481 e. The Morgan fingerprint density at radius 1 is 1.53 bits per heavy atom. The molecule has 1 saturated heterocycles. The van der Waals surface area contributed by atoms with E-state index in [1.54, 1.807) is 7.11 Å². The highest BCUT2D eigenvalue weighted by molar-refractivity contribution is 5.70. The summed E-state index contributed by atoms with van der Waals surface area (Å²) in [4.78, 5) is 13.2. The van der Waals surface area contributed by atoms with Crippen LogP contribution >= 0.6 is 0 Å². The van der Waals surface area contributed by atoms with Crippen molar-refractivity contribution in [3.05, 3.63) is 0 Å². The van der Waals surface area contributed by atoms with Crippen LogP contribution in [0.15, 0.2) is 0 Å². The van der Waals surface area contributed by atoms with Gasteiger partial charge in [-0.15, -0.1) is 0 Å². The van der Waals surface area contributed by atoms with Gasteiger partial charge in [0.05, 0.1) is 5.92 Å². The second-order valence-electron chi connectivity index (χ2n) is 3.87. The summed E-state index contributed by atoms with van der Waals surface area (Å²) in [5.74, 6) is -1.02. The van der Waals surface area contributed by atoms with E-state index < -0.39 is 5.97 Å². The van der Waals surface area contributed by atoms with Gasteiger partial charge in [0.25, 0.3) is 0 Å². The number of piperazine rings is 1. The minimum Gasteiger partial charge on any atom is -0.481 e. The number of nitrogens with zero attached hydrogens (tertiary/aromatic N) is 1. The number of methoxy groups -OCH3 is 1. The fourth-order valence-corrected chi connectivity index (χ4v) is 1.76. The van der Waals surface area contributed by atoms with Gasteiger partial charge in [0.2, 0.25) is 0 Å². The van der Waals surface area contributed by atoms with Crippen LogP contribution in [-0.2, 0) is 9.53 Å². The molecule has 0 radical (unpaired) electrons. The van der Waals surface area contributed by atoms with Crippen LogP contribution in [0.5, 0.6) is 0 Å². The molecule has 5 heteroatoms. The minimum absolute atomic E-state index is 0.303. The van der Waals surface area contributed by atoms with E-state index in [2.05, 4.69) is 10.2 Å². The summed E-state index contributed by atoms with van der Waals surface area (Å²) >= 11 is 0. The lowest BCUT2D eigenvalue weighted by Crippen LogP contribution is -2.46. The van der Waals surface area contributed by atoms with Crippen LogP contribution in [0.25, 0.3) is 0 Å². The van der Waals surface area contributed by atoms with Gasteiger partial charge in [-0.05, 0) is 6.42 Å². The van der Waals surface area contributed by atoms with E-state index in [1.165, 1.54) is 0 Å². The van der Waals surface area contributed by atoms with Gasteiger partial charge in [0.1, 0.15) is 0 Å². The Labute approximate surface area is 90.4 Å². The summed E-state index contributed by atoms with van der Waals surface area (Å²) in [6, 6.07) is 0. The zero-order chi connectivity index (χ0) is 11.1. The van der Waals surface area contributed by atoms with Crippen molar-refractivity contribution in [2.45, 2.75) is 6.42 Å². The van der Waals surface area contributed by atoms with Crippen LogP contribution in [-0.4, -0.2) is 62.4 Å². The molecule has 1 aliphatic heterocycles. The Morgan fingerprint density at radius 2 is 2.20 bits per heavy atom. The fraction of sp³-hybridized carbons (Fsp3) is 0.900. The normalized spacial score (nSPS) is 20.1. The summed E-state index contributed by atoms with van der Waals surface area (Å²) in [5, 5.41) is 12.3. The number of hydrogen-bond acceptors (Lipinski definition) is 4. The molecule has 5 nitrogen and oxygen atoms in total. The van der Waals surface area contributed by atoms with E-state index in [9.17, 15) is 4.79 Å². The maximum atomic E-state index is 11.0. The first-order valence-corrected chi connectivity index (χ1v) is 5.39. The average molecular weight is 216 g/mol. The van der Waals surface area contributed by atoms with Crippen molar-refractivity contribution in [1.29, 1.82) is 0 Å². The van der Waals surface area contributed by atoms with Crippen molar-refractivity contribution in [3.8, 4) is 0 Å². The van der Waals surface area contributed by atoms with Crippen LogP contribution in [0.1, 0.15) is 6.42 Å². The molecule has 0 aromatic rings. The lowest BCUT2D eigenvalue weighted by Gasteiger charge is -2.29. The molecule has 88 valence electrons.